The van der Waals surface area contributed by atoms with E-state index in [4.69, 9.17) is 14.2 Å². The van der Waals surface area contributed by atoms with Gasteiger partial charge in [0.2, 0.25) is 0 Å². The van der Waals surface area contributed by atoms with E-state index >= 15 is 0 Å². The number of carbonyl (C=O) groups excluding carboxylic acids is 2. The molecule has 0 bridgehead atoms. The van der Waals surface area contributed by atoms with E-state index in [1.165, 1.54) is 18.2 Å². The summed E-state index contributed by atoms with van der Waals surface area (Å²) in [6.07, 6.45) is 1.92. The molecule has 0 unspecified atom stereocenters. The third kappa shape index (κ3) is 4.31. The van der Waals surface area contributed by atoms with E-state index < -0.39 is 17.8 Å². The molecular weight excluding hydrogens is 375 g/mol. The van der Waals surface area contributed by atoms with Crippen LogP contribution in [0.1, 0.15) is 30.4 Å². The number of rotatable bonds is 6. The highest BCUT2D eigenvalue weighted by Crippen LogP contribution is 2.42. The standard InChI is InChI=1S/C23H23FO5/c1-4-29-23(26)22-18(14-5-8-17(24)9-6-14)11-16(12-19(22)25)15-7-10-20(27-2)21(13-15)28-3/h5-10,12-13,18,22H,4,11H2,1-3H3/t18-,22+/m0/s1. The first-order chi connectivity index (χ1) is 14.0. The van der Waals surface area contributed by atoms with Gasteiger partial charge in [-0.3, -0.25) is 9.59 Å². The molecule has 1 aliphatic carbocycles. The van der Waals surface area contributed by atoms with Crippen molar-refractivity contribution in [1.29, 1.82) is 0 Å². The van der Waals surface area contributed by atoms with Crippen molar-refractivity contribution in [1.82, 2.24) is 0 Å². The zero-order valence-electron chi connectivity index (χ0n) is 16.6. The molecule has 0 N–H and O–H groups in total. The van der Waals surface area contributed by atoms with Crippen LogP contribution in [-0.4, -0.2) is 32.6 Å². The highest BCUT2D eigenvalue weighted by molar-refractivity contribution is 6.10. The Hall–Kier alpha value is -3.15. The Morgan fingerprint density at radius 3 is 2.38 bits per heavy atom. The molecule has 6 heteroatoms. The van der Waals surface area contributed by atoms with Gasteiger partial charge in [0.1, 0.15) is 11.7 Å². The minimum atomic E-state index is -0.954. The van der Waals surface area contributed by atoms with Gasteiger partial charge in [0.05, 0.1) is 20.8 Å². The number of halogens is 1. The third-order valence-electron chi connectivity index (χ3n) is 5.06. The van der Waals surface area contributed by atoms with Gasteiger partial charge in [0, 0.05) is 5.92 Å². The van der Waals surface area contributed by atoms with Crippen LogP contribution in [0.4, 0.5) is 4.39 Å². The molecule has 0 aliphatic heterocycles. The first kappa shape index (κ1) is 20.6. The van der Waals surface area contributed by atoms with E-state index in [1.807, 2.05) is 6.07 Å². The number of allylic oxidation sites excluding steroid dienone is 2. The molecule has 152 valence electrons. The van der Waals surface area contributed by atoms with E-state index in [9.17, 15) is 14.0 Å². The van der Waals surface area contributed by atoms with E-state index in [0.717, 1.165) is 11.1 Å². The van der Waals surface area contributed by atoms with Crippen molar-refractivity contribution in [3.63, 3.8) is 0 Å². The van der Waals surface area contributed by atoms with Crippen molar-refractivity contribution < 1.29 is 28.2 Å². The normalized spacial score (nSPS) is 18.8. The van der Waals surface area contributed by atoms with Crippen molar-refractivity contribution in [2.45, 2.75) is 19.3 Å². The van der Waals surface area contributed by atoms with Crippen molar-refractivity contribution in [3.8, 4) is 11.5 Å². The lowest BCUT2D eigenvalue weighted by Gasteiger charge is -2.29. The SMILES string of the molecule is CCOC(=O)[C@H]1C(=O)C=C(c2ccc(OC)c(OC)c2)C[C@H]1c1ccc(F)cc1. The molecule has 3 rings (SSSR count). The monoisotopic (exact) mass is 398 g/mol. The first-order valence-electron chi connectivity index (χ1n) is 9.37. The van der Waals surface area contributed by atoms with Gasteiger partial charge in [0.15, 0.2) is 17.3 Å². The summed E-state index contributed by atoms with van der Waals surface area (Å²) in [7, 11) is 3.09. The average Bonchev–Trinajstić information content (AvgIpc) is 2.73. The van der Waals surface area contributed by atoms with Crippen molar-refractivity contribution in [3.05, 3.63) is 65.5 Å². The topological polar surface area (TPSA) is 61.8 Å². The molecule has 0 aromatic heterocycles. The molecule has 2 aromatic carbocycles. The van der Waals surface area contributed by atoms with Crippen molar-refractivity contribution in [2.24, 2.45) is 5.92 Å². The lowest BCUT2D eigenvalue weighted by molar-refractivity contribution is -0.151. The fourth-order valence-electron chi connectivity index (χ4n) is 3.64. The van der Waals surface area contributed by atoms with Gasteiger partial charge >= 0.3 is 5.97 Å². The van der Waals surface area contributed by atoms with Crippen LogP contribution in [-0.2, 0) is 14.3 Å². The zero-order valence-corrected chi connectivity index (χ0v) is 16.6. The van der Waals surface area contributed by atoms with E-state index in [0.29, 0.717) is 23.5 Å². The average molecular weight is 398 g/mol. The molecule has 0 radical (unpaired) electrons. The molecule has 5 nitrogen and oxygen atoms in total. The van der Waals surface area contributed by atoms with E-state index in [1.54, 1.807) is 45.4 Å². The molecule has 0 spiro atoms. The second-order valence-corrected chi connectivity index (χ2v) is 6.73. The van der Waals surface area contributed by atoms with Crippen LogP contribution in [0.2, 0.25) is 0 Å². The predicted octanol–water partition coefficient (Wildman–Crippen LogP) is 4.16. The van der Waals surface area contributed by atoms with Crippen LogP contribution in [0.25, 0.3) is 5.57 Å². The summed E-state index contributed by atoms with van der Waals surface area (Å²) in [5, 5.41) is 0. The summed E-state index contributed by atoms with van der Waals surface area (Å²) < 4.78 is 29.2. The Morgan fingerprint density at radius 2 is 1.76 bits per heavy atom. The number of ether oxygens (including phenoxy) is 3. The van der Waals surface area contributed by atoms with Crippen LogP contribution < -0.4 is 9.47 Å². The van der Waals surface area contributed by atoms with Gasteiger partial charge in [-0.1, -0.05) is 18.2 Å². The molecular formula is C23H23FO5. The molecule has 0 amide bonds. The molecule has 0 fully saturated rings. The van der Waals surface area contributed by atoms with Crippen molar-refractivity contribution >= 4 is 17.3 Å². The minimum Gasteiger partial charge on any atom is -0.493 e. The Labute approximate surface area is 169 Å². The van der Waals surface area contributed by atoms with Gasteiger partial charge in [-0.15, -0.1) is 0 Å². The van der Waals surface area contributed by atoms with Crippen LogP contribution in [0.3, 0.4) is 0 Å². The number of carbonyl (C=O) groups is 2. The van der Waals surface area contributed by atoms with Crippen LogP contribution in [0.15, 0.2) is 48.5 Å². The Balaban J connectivity index is 2.03. The first-order valence-corrected chi connectivity index (χ1v) is 9.37. The molecule has 0 heterocycles. The molecule has 0 saturated heterocycles. The highest BCUT2D eigenvalue weighted by atomic mass is 19.1. The summed E-state index contributed by atoms with van der Waals surface area (Å²) in [5.41, 5.74) is 2.28. The van der Waals surface area contributed by atoms with Gasteiger partial charge in [-0.25, -0.2) is 4.39 Å². The second-order valence-electron chi connectivity index (χ2n) is 6.73. The van der Waals surface area contributed by atoms with Gasteiger partial charge < -0.3 is 14.2 Å². The van der Waals surface area contributed by atoms with Gasteiger partial charge in [-0.2, -0.15) is 0 Å². The number of ketones is 1. The van der Waals surface area contributed by atoms with Gasteiger partial charge in [0.25, 0.3) is 0 Å². The minimum absolute atomic E-state index is 0.186. The Morgan fingerprint density at radius 1 is 1.07 bits per heavy atom. The Bertz CT molecular complexity index is 933. The number of hydrogen-bond donors (Lipinski definition) is 0. The third-order valence-corrected chi connectivity index (χ3v) is 5.06. The molecule has 0 saturated carbocycles. The lowest BCUT2D eigenvalue weighted by atomic mass is 9.73. The number of hydrogen-bond acceptors (Lipinski definition) is 5. The maximum atomic E-state index is 13.4. The zero-order chi connectivity index (χ0) is 21.0. The van der Waals surface area contributed by atoms with Crippen LogP contribution in [0, 0.1) is 11.7 Å². The quantitative estimate of drug-likeness (QED) is 0.540. The van der Waals surface area contributed by atoms with Crippen molar-refractivity contribution in [2.75, 3.05) is 20.8 Å². The summed E-state index contributed by atoms with van der Waals surface area (Å²) in [6.45, 7) is 1.88. The largest absolute Gasteiger partial charge is 0.493 e. The fraction of sp³-hybridized carbons (Fsp3) is 0.304. The predicted molar refractivity (Wildman–Crippen MR) is 106 cm³/mol. The number of benzene rings is 2. The summed E-state index contributed by atoms with van der Waals surface area (Å²) in [4.78, 5) is 25.4. The molecule has 29 heavy (non-hydrogen) atoms. The molecule has 2 atom stereocenters. The maximum Gasteiger partial charge on any atom is 0.317 e. The van der Waals surface area contributed by atoms with E-state index in [2.05, 4.69) is 0 Å². The summed E-state index contributed by atoms with van der Waals surface area (Å²) in [5.74, 6) is -1.54. The summed E-state index contributed by atoms with van der Waals surface area (Å²) >= 11 is 0. The summed E-state index contributed by atoms with van der Waals surface area (Å²) in [6, 6.07) is 11.3. The van der Waals surface area contributed by atoms with Gasteiger partial charge in [-0.05, 0) is 60.4 Å². The number of methoxy groups -OCH3 is 2. The van der Waals surface area contributed by atoms with Crippen LogP contribution in [0.5, 0.6) is 11.5 Å². The maximum absolute atomic E-state index is 13.4. The van der Waals surface area contributed by atoms with Crippen LogP contribution >= 0.6 is 0 Å². The highest BCUT2D eigenvalue weighted by Gasteiger charge is 2.39. The Kier molecular flexibility index (Phi) is 6.32. The molecule has 2 aromatic rings. The van der Waals surface area contributed by atoms with E-state index in [-0.39, 0.29) is 18.2 Å². The fourth-order valence-corrected chi connectivity index (χ4v) is 3.64. The molecule has 1 aliphatic rings. The second kappa shape index (κ2) is 8.90. The lowest BCUT2D eigenvalue weighted by Crippen LogP contribution is -2.34. The smallest absolute Gasteiger partial charge is 0.317 e. The number of esters is 1.